The van der Waals surface area contributed by atoms with Gasteiger partial charge in [0.2, 0.25) is 10.0 Å². The quantitative estimate of drug-likeness (QED) is 0.847. The van der Waals surface area contributed by atoms with E-state index < -0.39 is 10.0 Å². The predicted octanol–water partition coefficient (Wildman–Crippen LogP) is 2.13. The Morgan fingerprint density at radius 1 is 1.24 bits per heavy atom. The summed E-state index contributed by atoms with van der Waals surface area (Å²) in [4.78, 5) is 2.14. The first-order chi connectivity index (χ1) is 9.89. The zero-order valence-electron chi connectivity index (χ0n) is 12.6. The second-order valence-corrected chi connectivity index (χ2v) is 7.72. The Labute approximate surface area is 131 Å². The van der Waals surface area contributed by atoms with E-state index in [9.17, 15) is 8.42 Å². The maximum Gasteiger partial charge on any atom is 0.213 e. The molecule has 5 nitrogen and oxygen atoms in total. The first-order valence-corrected chi connectivity index (χ1v) is 8.94. The number of hydrogen-bond donors (Lipinski definition) is 0. The molecule has 1 fully saturated rings. The average molecular weight is 333 g/mol. The third-order valence-electron chi connectivity index (χ3n) is 3.80. The van der Waals surface area contributed by atoms with Gasteiger partial charge in [-0.2, -0.15) is 4.31 Å². The molecule has 1 aliphatic rings. The van der Waals surface area contributed by atoms with Crippen molar-refractivity contribution in [2.75, 3.05) is 43.9 Å². The summed E-state index contributed by atoms with van der Waals surface area (Å²) in [7, 11) is -1.49. The molecule has 0 bridgehead atoms. The Morgan fingerprint density at radius 3 is 2.38 bits per heavy atom. The highest BCUT2D eigenvalue weighted by atomic mass is 35.5. The first kappa shape index (κ1) is 16.4. The summed E-state index contributed by atoms with van der Waals surface area (Å²) in [6.45, 7) is 5.92. The molecule has 1 aromatic rings. The van der Waals surface area contributed by atoms with Gasteiger partial charge in [0.15, 0.2) is 0 Å². The van der Waals surface area contributed by atoms with Gasteiger partial charge in [-0.05, 0) is 25.5 Å². The van der Waals surface area contributed by atoms with Crippen molar-refractivity contribution in [2.24, 2.45) is 0 Å². The third kappa shape index (κ3) is 3.44. The molecule has 0 unspecified atom stereocenters. The highest BCUT2D eigenvalue weighted by Gasteiger charge is 2.26. The van der Waals surface area contributed by atoms with Crippen molar-refractivity contribution in [1.82, 2.24) is 4.31 Å². The second kappa shape index (κ2) is 6.42. The highest BCUT2D eigenvalue weighted by molar-refractivity contribution is 7.89. The molecule has 0 saturated carbocycles. The van der Waals surface area contributed by atoms with Crippen LogP contribution in [0.25, 0.3) is 0 Å². The predicted molar refractivity (Wildman–Crippen MR) is 86.0 cm³/mol. The molecule has 0 spiro atoms. The van der Waals surface area contributed by atoms with Crippen LogP contribution in [0.4, 0.5) is 5.69 Å². The van der Waals surface area contributed by atoms with E-state index in [4.69, 9.17) is 16.3 Å². The second-order valence-electron chi connectivity index (χ2n) is 5.06. The summed E-state index contributed by atoms with van der Waals surface area (Å²) < 4.78 is 30.7. The van der Waals surface area contributed by atoms with Gasteiger partial charge in [0.05, 0.1) is 18.6 Å². The average Bonchev–Trinajstić information content (AvgIpc) is 2.49. The number of nitrogens with zero attached hydrogens (tertiary/aromatic N) is 2. The van der Waals surface area contributed by atoms with E-state index in [2.05, 4.69) is 4.90 Å². The number of anilines is 1. The highest BCUT2D eigenvalue weighted by Crippen LogP contribution is 2.34. The third-order valence-corrected chi connectivity index (χ3v) is 6.09. The van der Waals surface area contributed by atoms with Gasteiger partial charge in [-0.15, -0.1) is 0 Å². The van der Waals surface area contributed by atoms with Crippen molar-refractivity contribution in [3.05, 3.63) is 22.7 Å². The van der Waals surface area contributed by atoms with Gasteiger partial charge in [0.25, 0.3) is 0 Å². The molecule has 1 aromatic carbocycles. The van der Waals surface area contributed by atoms with Crippen LogP contribution in [0.3, 0.4) is 0 Å². The smallest absolute Gasteiger partial charge is 0.213 e. The number of hydrogen-bond acceptors (Lipinski definition) is 4. The zero-order chi connectivity index (χ0) is 15.6. The number of benzene rings is 1. The number of aryl methyl sites for hydroxylation is 1. The monoisotopic (exact) mass is 332 g/mol. The molecule has 7 heteroatoms. The van der Waals surface area contributed by atoms with E-state index in [0.717, 1.165) is 17.0 Å². The Morgan fingerprint density at radius 2 is 1.86 bits per heavy atom. The van der Waals surface area contributed by atoms with Gasteiger partial charge in [-0.3, -0.25) is 0 Å². The first-order valence-electron chi connectivity index (χ1n) is 6.96. The van der Waals surface area contributed by atoms with Gasteiger partial charge in [0.1, 0.15) is 5.75 Å². The maximum absolute atomic E-state index is 11.9. The summed E-state index contributed by atoms with van der Waals surface area (Å²) in [6, 6.07) is 3.80. The van der Waals surface area contributed by atoms with Crippen LogP contribution in [0.5, 0.6) is 5.75 Å². The normalized spacial score (nSPS) is 17.0. The molecule has 1 heterocycles. The van der Waals surface area contributed by atoms with Crippen LogP contribution in [-0.2, 0) is 10.0 Å². The lowest BCUT2D eigenvalue weighted by atomic mass is 10.1. The van der Waals surface area contributed by atoms with Gasteiger partial charge in [-0.1, -0.05) is 11.6 Å². The van der Waals surface area contributed by atoms with E-state index in [-0.39, 0.29) is 5.75 Å². The zero-order valence-corrected chi connectivity index (χ0v) is 14.2. The van der Waals surface area contributed by atoms with Crippen molar-refractivity contribution < 1.29 is 13.2 Å². The Balaban J connectivity index is 2.18. The minimum absolute atomic E-state index is 0.149. The van der Waals surface area contributed by atoms with Gasteiger partial charge >= 0.3 is 0 Å². The molecule has 0 aliphatic carbocycles. The molecule has 1 aliphatic heterocycles. The molecule has 0 N–H and O–H groups in total. The molecule has 1 saturated heterocycles. The summed E-state index contributed by atoms with van der Waals surface area (Å²) in [5.74, 6) is 0.869. The fraction of sp³-hybridized carbons (Fsp3) is 0.571. The van der Waals surface area contributed by atoms with Crippen LogP contribution >= 0.6 is 11.6 Å². The molecule has 118 valence electrons. The molecule has 0 amide bonds. The number of halogens is 1. The van der Waals surface area contributed by atoms with E-state index in [1.807, 2.05) is 13.0 Å². The minimum Gasteiger partial charge on any atom is -0.495 e. The van der Waals surface area contributed by atoms with Crippen LogP contribution < -0.4 is 9.64 Å². The lowest BCUT2D eigenvalue weighted by molar-refractivity contribution is 0.379. The number of methoxy groups -OCH3 is 1. The molecular formula is C14H21ClN2O3S. The van der Waals surface area contributed by atoms with Gasteiger partial charge < -0.3 is 9.64 Å². The van der Waals surface area contributed by atoms with E-state index >= 15 is 0 Å². The lowest BCUT2D eigenvalue weighted by Crippen LogP contribution is -2.49. The van der Waals surface area contributed by atoms with Crippen molar-refractivity contribution in [3.63, 3.8) is 0 Å². The molecule has 21 heavy (non-hydrogen) atoms. The Bertz CT molecular complexity index is 611. The number of sulfonamides is 1. The van der Waals surface area contributed by atoms with Crippen LogP contribution in [-0.4, -0.2) is 51.8 Å². The summed E-state index contributed by atoms with van der Waals surface area (Å²) >= 11 is 6.12. The summed E-state index contributed by atoms with van der Waals surface area (Å²) in [5, 5.41) is 0.669. The van der Waals surface area contributed by atoms with Crippen LogP contribution in [0.1, 0.15) is 12.5 Å². The van der Waals surface area contributed by atoms with E-state index in [0.29, 0.717) is 31.2 Å². The van der Waals surface area contributed by atoms with Gasteiger partial charge in [0, 0.05) is 37.3 Å². The fourth-order valence-electron chi connectivity index (χ4n) is 2.45. The number of piperazine rings is 1. The maximum atomic E-state index is 11.9. The van der Waals surface area contributed by atoms with Crippen molar-refractivity contribution in [1.29, 1.82) is 0 Å². The van der Waals surface area contributed by atoms with Crippen LogP contribution in [0, 0.1) is 6.92 Å². The molecule has 2 rings (SSSR count). The molecule has 0 radical (unpaired) electrons. The summed E-state index contributed by atoms with van der Waals surface area (Å²) in [6.07, 6.45) is 0. The Kier molecular flexibility index (Phi) is 5.01. The van der Waals surface area contributed by atoms with Crippen molar-refractivity contribution >= 4 is 27.3 Å². The van der Waals surface area contributed by atoms with Crippen LogP contribution in [0.15, 0.2) is 12.1 Å². The van der Waals surface area contributed by atoms with E-state index in [1.54, 1.807) is 24.4 Å². The lowest BCUT2D eigenvalue weighted by Gasteiger charge is -2.36. The summed E-state index contributed by atoms with van der Waals surface area (Å²) in [5.41, 5.74) is 1.95. The Hall–Kier alpha value is -0.980. The molecule has 0 atom stereocenters. The largest absolute Gasteiger partial charge is 0.495 e. The van der Waals surface area contributed by atoms with E-state index in [1.165, 1.54) is 0 Å². The minimum atomic E-state index is -3.10. The molecular weight excluding hydrogens is 312 g/mol. The van der Waals surface area contributed by atoms with Gasteiger partial charge in [-0.25, -0.2) is 8.42 Å². The topological polar surface area (TPSA) is 49.9 Å². The SMILES string of the molecule is CCS(=O)(=O)N1CCN(c2cc(C)c(Cl)cc2OC)CC1. The van der Waals surface area contributed by atoms with Crippen molar-refractivity contribution in [3.8, 4) is 5.75 Å². The fourth-order valence-corrected chi connectivity index (χ4v) is 3.69. The standard InChI is InChI=1S/C14H21ClN2O3S/c1-4-21(18,19)17-7-5-16(6-8-17)13-9-11(2)12(15)10-14(13)20-3/h9-10H,4-8H2,1-3H3. The number of ether oxygens (including phenoxy) is 1. The van der Waals surface area contributed by atoms with Crippen molar-refractivity contribution in [2.45, 2.75) is 13.8 Å². The number of rotatable bonds is 4. The van der Waals surface area contributed by atoms with Crippen LogP contribution in [0.2, 0.25) is 5.02 Å². The molecule has 0 aromatic heterocycles.